The molecule has 2 aromatic rings. The number of esters is 1. The molecule has 2 rings (SSSR count). The fourth-order valence-electron chi connectivity index (χ4n) is 3.69. The van der Waals surface area contributed by atoms with Gasteiger partial charge in [0.2, 0.25) is 11.8 Å². The molecule has 2 atom stereocenters. The number of amides is 2. The lowest BCUT2D eigenvalue weighted by Crippen LogP contribution is -2.53. The van der Waals surface area contributed by atoms with Crippen molar-refractivity contribution in [1.29, 1.82) is 0 Å². The predicted octanol–water partition coefficient (Wildman–Crippen LogP) is 4.06. The van der Waals surface area contributed by atoms with Crippen molar-refractivity contribution in [2.75, 3.05) is 12.4 Å². The van der Waals surface area contributed by atoms with Gasteiger partial charge in [-0.15, -0.1) is 0 Å². The molecule has 0 aromatic heterocycles. The SMILES string of the molecule is COC(=O)c1ccc(NC(=O)C(NC(=O)C(CCCc2ccccc2)CC(=O)O)C(C)(C)C)cc1. The fourth-order valence-corrected chi connectivity index (χ4v) is 3.69. The molecule has 3 N–H and O–H groups in total. The van der Waals surface area contributed by atoms with Crippen molar-refractivity contribution in [2.24, 2.45) is 11.3 Å². The second kappa shape index (κ2) is 12.7. The van der Waals surface area contributed by atoms with E-state index in [0.29, 0.717) is 24.1 Å². The van der Waals surface area contributed by atoms with Crippen molar-refractivity contribution in [3.05, 3.63) is 65.7 Å². The average molecular weight is 483 g/mol. The third kappa shape index (κ3) is 8.88. The highest BCUT2D eigenvalue weighted by atomic mass is 16.5. The van der Waals surface area contributed by atoms with Crippen LogP contribution in [0.15, 0.2) is 54.6 Å². The van der Waals surface area contributed by atoms with Gasteiger partial charge in [0.15, 0.2) is 0 Å². The number of carbonyl (C=O) groups excluding carboxylic acids is 3. The van der Waals surface area contributed by atoms with Crippen LogP contribution >= 0.6 is 0 Å². The molecule has 2 amide bonds. The molecule has 8 heteroatoms. The minimum absolute atomic E-state index is 0.311. The summed E-state index contributed by atoms with van der Waals surface area (Å²) in [6, 6.07) is 15.1. The summed E-state index contributed by atoms with van der Waals surface area (Å²) in [6.07, 6.45) is 1.46. The lowest BCUT2D eigenvalue weighted by molar-refractivity contribution is -0.141. The summed E-state index contributed by atoms with van der Waals surface area (Å²) in [5.41, 5.74) is 1.28. The van der Waals surface area contributed by atoms with Crippen LogP contribution in [0.3, 0.4) is 0 Å². The van der Waals surface area contributed by atoms with Crippen LogP contribution in [0.5, 0.6) is 0 Å². The zero-order valence-electron chi connectivity index (χ0n) is 20.7. The Labute approximate surface area is 206 Å². The van der Waals surface area contributed by atoms with Crippen molar-refractivity contribution in [1.82, 2.24) is 5.32 Å². The van der Waals surface area contributed by atoms with E-state index in [4.69, 9.17) is 0 Å². The number of rotatable bonds is 11. The summed E-state index contributed by atoms with van der Waals surface area (Å²) in [7, 11) is 1.29. The first-order valence-electron chi connectivity index (χ1n) is 11.6. The lowest BCUT2D eigenvalue weighted by atomic mass is 9.85. The minimum Gasteiger partial charge on any atom is -0.481 e. The molecule has 0 fully saturated rings. The van der Waals surface area contributed by atoms with Gasteiger partial charge in [-0.25, -0.2) is 4.79 Å². The molecule has 0 aliphatic carbocycles. The fraction of sp³-hybridized carbons (Fsp3) is 0.407. The highest BCUT2D eigenvalue weighted by Crippen LogP contribution is 2.23. The number of ether oxygens (including phenoxy) is 1. The van der Waals surface area contributed by atoms with Gasteiger partial charge in [0.25, 0.3) is 0 Å². The van der Waals surface area contributed by atoms with Gasteiger partial charge in [-0.3, -0.25) is 14.4 Å². The first kappa shape index (κ1) is 27.6. The second-order valence-electron chi connectivity index (χ2n) is 9.54. The number of carboxylic acids is 1. The molecule has 0 spiro atoms. The van der Waals surface area contributed by atoms with E-state index in [-0.39, 0.29) is 6.42 Å². The van der Waals surface area contributed by atoms with Crippen molar-refractivity contribution < 1.29 is 29.0 Å². The Balaban J connectivity index is 2.08. The second-order valence-corrected chi connectivity index (χ2v) is 9.54. The Bertz CT molecular complexity index is 1010. The van der Waals surface area contributed by atoms with Gasteiger partial charge in [-0.05, 0) is 54.5 Å². The number of hydrogen-bond donors (Lipinski definition) is 3. The van der Waals surface area contributed by atoms with Crippen molar-refractivity contribution in [3.8, 4) is 0 Å². The summed E-state index contributed by atoms with van der Waals surface area (Å²) in [6.45, 7) is 5.46. The van der Waals surface area contributed by atoms with E-state index in [0.717, 1.165) is 12.0 Å². The maximum Gasteiger partial charge on any atom is 0.337 e. The van der Waals surface area contributed by atoms with Crippen LogP contribution in [-0.4, -0.2) is 42.0 Å². The Morgan fingerprint density at radius 1 is 0.943 bits per heavy atom. The Morgan fingerprint density at radius 2 is 1.57 bits per heavy atom. The first-order chi connectivity index (χ1) is 16.5. The van der Waals surface area contributed by atoms with Gasteiger partial charge in [-0.2, -0.15) is 0 Å². The summed E-state index contributed by atoms with van der Waals surface area (Å²) in [5, 5.41) is 14.9. The highest BCUT2D eigenvalue weighted by molar-refractivity contribution is 5.98. The van der Waals surface area contributed by atoms with Gasteiger partial charge in [0.05, 0.1) is 19.1 Å². The largest absolute Gasteiger partial charge is 0.481 e. The van der Waals surface area contributed by atoms with Crippen LogP contribution in [0.4, 0.5) is 5.69 Å². The van der Waals surface area contributed by atoms with Crippen molar-refractivity contribution in [3.63, 3.8) is 0 Å². The quantitative estimate of drug-likeness (QED) is 0.415. The maximum absolute atomic E-state index is 13.1. The molecule has 0 heterocycles. The summed E-state index contributed by atoms with van der Waals surface area (Å²) in [5.74, 6) is -3.20. The van der Waals surface area contributed by atoms with Gasteiger partial charge in [-0.1, -0.05) is 51.1 Å². The standard InChI is InChI=1S/C27H34N2O6/c1-27(2,3)23(25(33)28-21-15-13-19(14-16-21)26(34)35-4)29-24(32)20(17-22(30)31)12-8-11-18-9-6-5-7-10-18/h5-7,9-10,13-16,20,23H,8,11-12,17H2,1-4H3,(H,28,33)(H,29,32)(H,30,31). The first-order valence-corrected chi connectivity index (χ1v) is 11.6. The van der Waals surface area contributed by atoms with Crippen LogP contribution in [-0.2, 0) is 25.5 Å². The average Bonchev–Trinajstić information content (AvgIpc) is 2.81. The molecular weight excluding hydrogens is 448 g/mol. The zero-order valence-corrected chi connectivity index (χ0v) is 20.7. The highest BCUT2D eigenvalue weighted by Gasteiger charge is 2.35. The van der Waals surface area contributed by atoms with Crippen molar-refractivity contribution in [2.45, 2.75) is 52.5 Å². The molecule has 0 bridgehead atoms. The number of aliphatic carboxylic acids is 1. The number of carbonyl (C=O) groups is 4. The lowest BCUT2D eigenvalue weighted by Gasteiger charge is -2.31. The summed E-state index contributed by atoms with van der Waals surface area (Å²) in [4.78, 5) is 49.2. The molecule has 2 unspecified atom stereocenters. The van der Waals surface area contributed by atoms with Gasteiger partial charge in [0, 0.05) is 11.6 Å². The molecule has 8 nitrogen and oxygen atoms in total. The monoisotopic (exact) mass is 482 g/mol. The summed E-state index contributed by atoms with van der Waals surface area (Å²) < 4.78 is 4.67. The Morgan fingerprint density at radius 3 is 2.11 bits per heavy atom. The van der Waals surface area contributed by atoms with E-state index in [9.17, 15) is 24.3 Å². The molecule has 2 aromatic carbocycles. The van der Waals surface area contributed by atoms with Crippen LogP contribution < -0.4 is 10.6 Å². The third-order valence-corrected chi connectivity index (χ3v) is 5.64. The van der Waals surface area contributed by atoms with Crippen molar-refractivity contribution >= 4 is 29.4 Å². The minimum atomic E-state index is -1.06. The normalized spacial score (nSPS) is 12.8. The van der Waals surface area contributed by atoms with Gasteiger partial charge in [0.1, 0.15) is 6.04 Å². The van der Waals surface area contributed by atoms with E-state index in [1.807, 2.05) is 51.1 Å². The smallest absolute Gasteiger partial charge is 0.337 e. The van der Waals surface area contributed by atoms with Gasteiger partial charge < -0.3 is 20.5 Å². The molecule has 35 heavy (non-hydrogen) atoms. The maximum atomic E-state index is 13.1. The predicted molar refractivity (Wildman–Crippen MR) is 133 cm³/mol. The van der Waals surface area contributed by atoms with E-state index in [2.05, 4.69) is 15.4 Å². The van der Waals surface area contributed by atoms with E-state index < -0.39 is 41.1 Å². The van der Waals surface area contributed by atoms with E-state index >= 15 is 0 Å². The molecule has 0 aliphatic heterocycles. The molecular formula is C27H34N2O6. The molecule has 188 valence electrons. The van der Waals surface area contributed by atoms with E-state index in [1.165, 1.54) is 19.2 Å². The van der Waals surface area contributed by atoms with Crippen LogP contribution in [0.1, 0.15) is 56.0 Å². The van der Waals surface area contributed by atoms with Crippen LogP contribution in [0, 0.1) is 11.3 Å². The van der Waals surface area contributed by atoms with E-state index in [1.54, 1.807) is 12.1 Å². The zero-order chi connectivity index (χ0) is 26.0. The molecule has 0 radical (unpaired) electrons. The number of hydrogen-bond acceptors (Lipinski definition) is 5. The number of benzene rings is 2. The Kier molecular flexibility index (Phi) is 9.99. The van der Waals surface area contributed by atoms with Crippen LogP contribution in [0.25, 0.3) is 0 Å². The number of nitrogens with one attached hydrogen (secondary N) is 2. The number of methoxy groups -OCH3 is 1. The number of carboxylic acid groups (broad SMARTS) is 1. The molecule has 0 saturated carbocycles. The Hall–Kier alpha value is -3.68. The number of aryl methyl sites for hydroxylation is 1. The third-order valence-electron chi connectivity index (χ3n) is 5.64. The number of anilines is 1. The molecule has 0 saturated heterocycles. The summed E-state index contributed by atoms with van der Waals surface area (Å²) >= 11 is 0. The molecule has 0 aliphatic rings. The van der Waals surface area contributed by atoms with Crippen LogP contribution in [0.2, 0.25) is 0 Å². The topological polar surface area (TPSA) is 122 Å². The van der Waals surface area contributed by atoms with Gasteiger partial charge >= 0.3 is 11.9 Å².